The number of ether oxygens (including phenoxy) is 1. The highest BCUT2D eigenvalue weighted by Gasteiger charge is 2.88. The van der Waals surface area contributed by atoms with E-state index in [2.05, 4.69) is 72.8 Å². The molecule has 3 aromatic heterocycles. The topological polar surface area (TPSA) is 137 Å². The summed E-state index contributed by atoms with van der Waals surface area (Å²) in [6.45, 7) is 17.2. The van der Waals surface area contributed by atoms with Gasteiger partial charge in [-0.1, -0.05) is 52.3 Å². The zero-order valence-corrected chi connectivity index (χ0v) is 34.7. The zero-order valence-electron chi connectivity index (χ0n) is 32.2. The summed E-state index contributed by atoms with van der Waals surface area (Å²) in [5, 5.41) is 7.46. The molecule has 0 aliphatic heterocycles. The Bertz CT molecular complexity index is 1950. The summed E-state index contributed by atoms with van der Waals surface area (Å²) in [4.78, 5) is 21.7. The highest BCUT2D eigenvalue weighted by Crippen LogP contribution is 2.93. The van der Waals surface area contributed by atoms with Crippen molar-refractivity contribution in [1.82, 2.24) is 24.5 Å². The average Bonchev–Trinajstić information content (AvgIpc) is 4.03. The maximum Gasteiger partial charge on any atom is 0.281 e. The number of nitrogens with one attached hydrogen (secondary N) is 2. The van der Waals surface area contributed by atoms with Gasteiger partial charge in [-0.3, -0.25) is 4.79 Å². The molecule has 4 saturated carbocycles. The maximum atomic E-state index is 13.2. The van der Waals surface area contributed by atoms with Gasteiger partial charge < -0.3 is 14.5 Å². The molecule has 0 aromatic carbocycles. The lowest BCUT2D eigenvalue weighted by molar-refractivity contribution is 0.0850. The van der Waals surface area contributed by atoms with E-state index in [4.69, 9.17) is 20.8 Å². The standard InChI is InChI=1S/C39H55ClN6O5SSi/c1-36(2,3)53(6,7)51-28(33-38(18-19-38)39(33)20-21-39)25-50-31-16-23-46(44-31)30-14-13-27(34(40)43-30)35(47)45-52(48,49)32-12-8-11-29(42-32)41-22-9-10-26-15-17-37(4,5)24-26/h8,11-14,16,23,26,28,33H,9-10,15,17-22,24-25H2,1-7H3,(H,41,42)(H,45,47)/t26-,28?/m1/s1. The molecule has 0 bridgehead atoms. The Kier molecular flexibility index (Phi) is 9.85. The van der Waals surface area contributed by atoms with Gasteiger partial charge >= 0.3 is 0 Å². The minimum atomic E-state index is -4.28. The van der Waals surface area contributed by atoms with Gasteiger partial charge in [0.2, 0.25) is 5.88 Å². The number of hydrogen-bond acceptors (Lipinski definition) is 9. The van der Waals surface area contributed by atoms with Gasteiger partial charge in [-0.05, 0) is 128 Å². The molecule has 2 N–H and O–H groups in total. The van der Waals surface area contributed by atoms with Crippen LogP contribution >= 0.6 is 11.6 Å². The second-order valence-corrected chi connectivity index (χ2v) is 25.0. The minimum Gasteiger partial charge on any atom is -0.474 e. The van der Waals surface area contributed by atoms with Crippen molar-refractivity contribution in [2.45, 2.75) is 122 Å². The Balaban J connectivity index is 0.948. The van der Waals surface area contributed by atoms with E-state index in [0.717, 1.165) is 18.8 Å². The first kappa shape index (κ1) is 38.3. The third kappa shape index (κ3) is 7.77. The molecule has 53 heavy (non-hydrogen) atoms. The second kappa shape index (κ2) is 13.6. The van der Waals surface area contributed by atoms with Crippen LogP contribution in [0.1, 0.15) is 103 Å². The van der Waals surface area contributed by atoms with Crippen molar-refractivity contribution in [1.29, 1.82) is 0 Å². The first-order valence-corrected chi connectivity index (χ1v) is 23.9. The van der Waals surface area contributed by atoms with Gasteiger partial charge in [0.25, 0.3) is 15.9 Å². The molecule has 2 atom stereocenters. The maximum absolute atomic E-state index is 13.2. The van der Waals surface area contributed by atoms with Crippen molar-refractivity contribution in [3.05, 3.63) is 53.3 Å². The number of nitrogens with zero attached hydrogens (tertiary/aromatic N) is 4. The monoisotopic (exact) mass is 782 g/mol. The predicted molar refractivity (Wildman–Crippen MR) is 208 cm³/mol. The van der Waals surface area contributed by atoms with Crippen LogP contribution in [-0.4, -0.2) is 61.6 Å². The van der Waals surface area contributed by atoms with E-state index in [1.807, 2.05) is 0 Å². The highest BCUT2D eigenvalue weighted by molar-refractivity contribution is 7.90. The fourth-order valence-corrected chi connectivity index (χ4v) is 11.3. The summed E-state index contributed by atoms with van der Waals surface area (Å²) in [5.74, 6) is 1.60. The van der Waals surface area contributed by atoms with Crippen molar-refractivity contribution in [3.8, 4) is 11.7 Å². The minimum absolute atomic E-state index is 0.0286. The van der Waals surface area contributed by atoms with E-state index in [9.17, 15) is 13.2 Å². The fourth-order valence-electron chi connectivity index (χ4n) is 8.86. The van der Waals surface area contributed by atoms with E-state index >= 15 is 0 Å². The summed E-state index contributed by atoms with van der Waals surface area (Å²) in [7, 11) is -6.31. The molecule has 4 aliphatic carbocycles. The lowest BCUT2D eigenvalue weighted by Gasteiger charge is -2.39. The lowest BCUT2D eigenvalue weighted by atomic mass is 9.89. The Labute approximate surface area is 320 Å². The fraction of sp³-hybridized carbons (Fsp3) is 0.641. The number of pyridine rings is 2. The number of fused-ring (bicyclic) bond motifs is 1. The zero-order chi connectivity index (χ0) is 38.0. The van der Waals surface area contributed by atoms with E-state index in [-0.39, 0.29) is 26.9 Å². The van der Waals surface area contributed by atoms with Crippen LogP contribution in [0.4, 0.5) is 5.82 Å². The molecule has 2 spiro atoms. The number of anilines is 1. The number of sulfonamides is 1. The number of carbonyl (C=O) groups excluding carboxylic acids is 1. The molecule has 1 unspecified atom stereocenters. The number of carbonyl (C=O) groups is 1. The summed E-state index contributed by atoms with van der Waals surface area (Å²) in [6, 6.07) is 9.41. The molecule has 4 fully saturated rings. The van der Waals surface area contributed by atoms with Crippen molar-refractivity contribution >= 4 is 41.7 Å². The first-order valence-electron chi connectivity index (χ1n) is 19.2. The van der Waals surface area contributed by atoms with Gasteiger partial charge in [-0.2, -0.15) is 8.42 Å². The van der Waals surface area contributed by atoms with Crippen LogP contribution in [0.5, 0.6) is 5.88 Å². The van der Waals surface area contributed by atoms with Gasteiger partial charge in [0, 0.05) is 18.8 Å². The summed E-state index contributed by atoms with van der Waals surface area (Å²) in [6.07, 6.45) is 12.8. The number of amides is 1. The molecule has 4 aliphatic rings. The third-order valence-electron chi connectivity index (χ3n) is 13.0. The summed E-state index contributed by atoms with van der Waals surface area (Å²) in [5.41, 5.74) is 1.28. The van der Waals surface area contributed by atoms with Crippen molar-refractivity contribution < 1.29 is 22.4 Å². The van der Waals surface area contributed by atoms with Crippen molar-refractivity contribution in [2.24, 2.45) is 28.1 Å². The Hall–Kier alpha value is -3.00. The molecule has 0 radical (unpaired) electrons. The van der Waals surface area contributed by atoms with Crippen LogP contribution in [0.2, 0.25) is 23.3 Å². The molecular weight excluding hydrogens is 728 g/mol. The van der Waals surface area contributed by atoms with E-state index < -0.39 is 24.2 Å². The number of hydrogen-bond donors (Lipinski definition) is 2. The lowest BCUT2D eigenvalue weighted by Crippen LogP contribution is -2.46. The van der Waals surface area contributed by atoms with Crippen LogP contribution in [0.25, 0.3) is 5.82 Å². The third-order valence-corrected chi connectivity index (χ3v) is 19.0. The highest BCUT2D eigenvalue weighted by atomic mass is 35.5. The quantitative estimate of drug-likeness (QED) is 0.0885. The van der Waals surface area contributed by atoms with Crippen LogP contribution in [-0.2, 0) is 14.4 Å². The molecule has 3 aromatic rings. The van der Waals surface area contributed by atoms with E-state index in [1.165, 1.54) is 61.8 Å². The predicted octanol–water partition coefficient (Wildman–Crippen LogP) is 8.41. The van der Waals surface area contributed by atoms with Crippen LogP contribution in [0.3, 0.4) is 0 Å². The average molecular weight is 784 g/mol. The largest absolute Gasteiger partial charge is 0.474 e. The molecule has 14 heteroatoms. The summed E-state index contributed by atoms with van der Waals surface area (Å²) < 4.78 is 43.3. The normalized spacial score (nSPS) is 21.8. The molecule has 1 amide bonds. The van der Waals surface area contributed by atoms with Crippen LogP contribution < -0.4 is 14.8 Å². The molecule has 11 nitrogen and oxygen atoms in total. The van der Waals surface area contributed by atoms with Crippen molar-refractivity contribution in [3.63, 3.8) is 0 Å². The SMILES string of the molecule is CC1(C)CC[C@@H](CCCNc2cccc(S(=O)(=O)NC(=O)c3ccc(-n4ccc(OCC(O[Si](C)(C)C(C)(C)C)C5C6(CC6)C56CC6)n4)nc3Cl)n2)C1. The molecule has 288 valence electrons. The molecule has 3 heterocycles. The smallest absolute Gasteiger partial charge is 0.281 e. The Morgan fingerprint density at radius 3 is 2.40 bits per heavy atom. The van der Waals surface area contributed by atoms with Crippen LogP contribution in [0, 0.1) is 28.1 Å². The number of halogens is 1. The Morgan fingerprint density at radius 1 is 1.06 bits per heavy atom. The first-order chi connectivity index (χ1) is 24.8. The number of aromatic nitrogens is 4. The molecule has 7 rings (SSSR count). The molecular formula is C39H55ClN6O5SSi. The second-order valence-electron chi connectivity index (χ2n) is 18.3. The van der Waals surface area contributed by atoms with E-state index in [1.54, 1.807) is 30.5 Å². The van der Waals surface area contributed by atoms with Gasteiger partial charge in [0.15, 0.2) is 19.2 Å². The molecule has 0 saturated heterocycles. The Morgan fingerprint density at radius 2 is 1.77 bits per heavy atom. The van der Waals surface area contributed by atoms with Gasteiger partial charge in [0.1, 0.15) is 17.6 Å². The van der Waals surface area contributed by atoms with Gasteiger partial charge in [-0.15, -0.1) is 5.10 Å². The van der Waals surface area contributed by atoms with Gasteiger partial charge in [0.05, 0.1) is 11.7 Å². The van der Waals surface area contributed by atoms with Crippen LogP contribution in [0.15, 0.2) is 47.6 Å². The summed E-state index contributed by atoms with van der Waals surface area (Å²) >= 11 is 6.45. The number of rotatable bonds is 15. The van der Waals surface area contributed by atoms with Gasteiger partial charge in [-0.25, -0.2) is 19.4 Å². The van der Waals surface area contributed by atoms with Crippen molar-refractivity contribution in [2.75, 3.05) is 18.5 Å². The van der Waals surface area contributed by atoms with E-state index in [0.29, 0.717) is 52.8 Å².